The number of anilines is 1. The summed E-state index contributed by atoms with van der Waals surface area (Å²) in [5.74, 6) is -0.0642. The van der Waals surface area contributed by atoms with Crippen molar-refractivity contribution in [3.63, 3.8) is 0 Å². The molecule has 2 aromatic heterocycles. The molecule has 0 amide bonds. The molecule has 0 saturated carbocycles. The van der Waals surface area contributed by atoms with Crippen LogP contribution in [0.5, 0.6) is 0 Å². The summed E-state index contributed by atoms with van der Waals surface area (Å²) in [6, 6.07) is 9.52. The third-order valence-electron chi connectivity index (χ3n) is 3.23. The van der Waals surface area contributed by atoms with Gasteiger partial charge in [0.15, 0.2) is 5.76 Å². The molecular weight excluding hydrogens is 334 g/mol. The van der Waals surface area contributed by atoms with Gasteiger partial charge >= 0.3 is 5.97 Å². The van der Waals surface area contributed by atoms with Crippen molar-refractivity contribution in [2.24, 2.45) is 0 Å². The average Bonchev–Trinajstić information content (AvgIpc) is 3.26. The summed E-state index contributed by atoms with van der Waals surface area (Å²) in [6.45, 7) is 0. The van der Waals surface area contributed by atoms with Crippen LogP contribution >= 0.6 is 0 Å². The molecule has 1 aromatic carbocycles. The van der Waals surface area contributed by atoms with E-state index in [1.807, 2.05) is 0 Å². The highest BCUT2D eigenvalue weighted by Crippen LogP contribution is 2.22. The van der Waals surface area contributed by atoms with Crippen LogP contribution < -0.4 is 4.72 Å². The summed E-state index contributed by atoms with van der Waals surface area (Å²) in [6.07, 6.45) is 2.74. The maximum absolute atomic E-state index is 12.3. The maximum atomic E-state index is 12.3. The van der Waals surface area contributed by atoms with Crippen molar-refractivity contribution in [1.82, 2.24) is 10.1 Å². The van der Waals surface area contributed by atoms with Crippen LogP contribution in [0.15, 0.2) is 58.2 Å². The molecule has 0 aliphatic carbocycles. The van der Waals surface area contributed by atoms with Gasteiger partial charge in [-0.05, 0) is 30.3 Å². The van der Waals surface area contributed by atoms with Gasteiger partial charge in [0.25, 0.3) is 10.0 Å². The number of aromatic amines is 1. The highest BCUT2D eigenvalue weighted by molar-refractivity contribution is 7.92. The fourth-order valence-corrected chi connectivity index (χ4v) is 3.09. The second-order valence-electron chi connectivity index (χ2n) is 4.80. The topological polar surface area (TPSA) is 114 Å². The molecule has 0 radical (unpaired) electrons. The van der Waals surface area contributed by atoms with Crippen LogP contribution in [-0.4, -0.2) is 31.6 Å². The first-order chi connectivity index (χ1) is 11.5. The molecule has 0 aliphatic rings. The van der Waals surface area contributed by atoms with Crippen LogP contribution in [0.3, 0.4) is 0 Å². The number of nitrogens with one attached hydrogen (secondary N) is 2. The molecule has 3 rings (SSSR count). The minimum absolute atomic E-state index is 0.0542. The molecule has 0 spiro atoms. The van der Waals surface area contributed by atoms with Crippen LogP contribution in [0.1, 0.15) is 10.5 Å². The monoisotopic (exact) mass is 347 g/mol. The predicted molar refractivity (Wildman–Crippen MR) is 84.9 cm³/mol. The lowest BCUT2D eigenvalue weighted by Crippen LogP contribution is -2.12. The molecule has 124 valence electrons. The zero-order valence-corrected chi connectivity index (χ0v) is 13.3. The van der Waals surface area contributed by atoms with E-state index in [9.17, 15) is 13.2 Å². The molecule has 0 bridgehead atoms. The molecule has 0 saturated heterocycles. The van der Waals surface area contributed by atoms with Gasteiger partial charge in [-0.25, -0.2) is 13.2 Å². The Balaban J connectivity index is 1.79. The molecule has 2 heterocycles. The van der Waals surface area contributed by atoms with Crippen molar-refractivity contribution in [3.05, 3.63) is 54.5 Å². The number of sulfonamides is 1. The Morgan fingerprint density at radius 2 is 2.00 bits per heavy atom. The number of carbonyl (C=O) groups excluding carboxylic acids is 1. The third kappa shape index (κ3) is 3.15. The first-order valence-electron chi connectivity index (χ1n) is 6.80. The minimum atomic E-state index is -3.83. The number of hydrogen-bond donors (Lipinski definition) is 2. The van der Waals surface area contributed by atoms with Crippen LogP contribution in [0.25, 0.3) is 11.3 Å². The molecular formula is C15H13N3O5S. The van der Waals surface area contributed by atoms with E-state index in [4.69, 9.17) is 4.52 Å². The smallest absolute Gasteiger partial charge is 0.354 e. The highest BCUT2D eigenvalue weighted by atomic mass is 32.2. The zero-order chi connectivity index (χ0) is 17.2. The summed E-state index contributed by atoms with van der Waals surface area (Å²) in [4.78, 5) is 13.9. The number of benzene rings is 1. The lowest BCUT2D eigenvalue weighted by atomic mass is 10.1. The van der Waals surface area contributed by atoms with Gasteiger partial charge in [0.2, 0.25) is 0 Å². The van der Waals surface area contributed by atoms with Crippen LogP contribution in [0.2, 0.25) is 0 Å². The quantitative estimate of drug-likeness (QED) is 0.684. The molecule has 9 heteroatoms. The van der Waals surface area contributed by atoms with Gasteiger partial charge in [-0.15, -0.1) is 0 Å². The van der Waals surface area contributed by atoms with Crippen molar-refractivity contribution >= 4 is 21.7 Å². The second-order valence-corrected chi connectivity index (χ2v) is 6.48. The number of methoxy groups -OCH3 is 1. The largest absolute Gasteiger partial charge is 0.464 e. The van der Waals surface area contributed by atoms with Gasteiger partial charge in [-0.1, -0.05) is 5.16 Å². The lowest BCUT2D eigenvalue weighted by molar-refractivity contribution is 0.0594. The van der Waals surface area contributed by atoms with Crippen LogP contribution in [-0.2, 0) is 14.8 Å². The van der Waals surface area contributed by atoms with Gasteiger partial charge in [0, 0.05) is 23.5 Å². The summed E-state index contributed by atoms with van der Waals surface area (Å²) < 4.78 is 36.6. The van der Waals surface area contributed by atoms with Gasteiger partial charge < -0.3 is 14.2 Å². The number of ether oxygens (including phenoxy) is 1. The first-order valence-corrected chi connectivity index (χ1v) is 8.28. The van der Waals surface area contributed by atoms with E-state index >= 15 is 0 Å². The van der Waals surface area contributed by atoms with E-state index in [2.05, 4.69) is 19.6 Å². The normalized spacial score (nSPS) is 11.2. The van der Waals surface area contributed by atoms with E-state index in [-0.39, 0.29) is 10.6 Å². The van der Waals surface area contributed by atoms with E-state index < -0.39 is 16.0 Å². The Morgan fingerprint density at radius 3 is 2.62 bits per heavy atom. The van der Waals surface area contributed by atoms with Crippen molar-refractivity contribution in [2.75, 3.05) is 11.8 Å². The molecule has 0 atom stereocenters. The van der Waals surface area contributed by atoms with E-state index in [0.717, 1.165) is 5.56 Å². The molecule has 0 aliphatic heterocycles. The molecule has 0 fully saturated rings. The van der Waals surface area contributed by atoms with Gasteiger partial charge in [0.05, 0.1) is 13.3 Å². The standard InChI is InChI=1S/C15H13N3O5S/c1-22-15(19)13-8-12(9-16-13)24(20,21)18-11-4-2-10(3-5-11)14-6-7-17-23-14/h2-9,16,18H,1H3. The third-order valence-corrected chi connectivity index (χ3v) is 4.59. The molecule has 0 unspecified atom stereocenters. The summed E-state index contributed by atoms with van der Waals surface area (Å²) >= 11 is 0. The minimum Gasteiger partial charge on any atom is -0.464 e. The number of aromatic nitrogens is 2. The van der Waals surface area contributed by atoms with E-state index in [0.29, 0.717) is 11.4 Å². The number of H-pyrrole nitrogens is 1. The average molecular weight is 347 g/mol. The van der Waals surface area contributed by atoms with Crippen molar-refractivity contribution in [1.29, 1.82) is 0 Å². The van der Waals surface area contributed by atoms with E-state index in [1.54, 1.807) is 30.3 Å². The predicted octanol–water partition coefficient (Wildman–Crippen LogP) is 2.26. The number of esters is 1. The fraction of sp³-hybridized carbons (Fsp3) is 0.0667. The van der Waals surface area contributed by atoms with Crippen molar-refractivity contribution in [2.45, 2.75) is 4.90 Å². The summed E-state index contributed by atoms with van der Waals surface area (Å²) in [5, 5.41) is 3.62. The van der Waals surface area contributed by atoms with Crippen LogP contribution in [0.4, 0.5) is 5.69 Å². The lowest BCUT2D eigenvalue weighted by Gasteiger charge is -2.06. The molecule has 3 aromatic rings. The molecule has 24 heavy (non-hydrogen) atoms. The summed E-state index contributed by atoms with van der Waals surface area (Å²) in [5.41, 5.74) is 1.20. The first kappa shape index (κ1) is 15.8. The van der Waals surface area contributed by atoms with Crippen molar-refractivity contribution < 1.29 is 22.5 Å². The Labute approximate surface area is 137 Å². The maximum Gasteiger partial charge on any atom is 0.354 e. The Kier molecular flexibility index (Phi) is 4.09. The summed E-state index contributed by atoms with van der Waals surface area (Å²) in [7, 11) is -2.61. The molecule has 2 N–H and O–H groups in total. The second kappa shape index (κ2) is 6.20. The van der Waals surface area contributed by atoms with Crippen molar-refractivity contribution in [3.8, 4) is 11.3 Å². The SMILES string of the molecule is COC(=O)c1cc(S(=O)(=O)Nc2ccc(-c3ccno3)cc2)c[nH]1. The number of carbonyl (C=O) groups is 1. The zero-order valence-electron chi connectivity index (χ0n) is 12.5. The van der Waals surface area contributed by atoms with Crippen LogP contribution in [0, 0.1) is 0 Å². The molecule has 8 nitrogen and oxygen atoms in total. The number of hydrogen-bond acceptors (Lipinski definition) is 6. The van der Waals surface area contributed by atoms with Gasteiger partial charge in [-0.2, -0.15) is 0 Å². The fourth-order valence-electron chi connectivity index (χ4n) is 2.04. The number of rotatable bonds is 5. The van der Waals surface area contributed by atoms with E-state index in [1.165, 1.54) is 25.6 Å². The number of nitrogens with zero attached hydrogens (tertiary/aromatic N) is 1. The Morgan fingerprint density at radius 1 is 1.25 bits per heavy atom. The van der Waals surface area contributed by atoms with Gasteiger partial charge in [-0.3, -0.25) is 4.72 Å². The Bertz CT molecular complexity index is 943. The van der Waals surface area contributed by atoms with Gasteiger partial charge in [0.1, 0.15) is 10.6 Å². The highest BCUT2D eigenvalue weighted by Gasteiger charge is 2.19. The Hall–Kier alpha value is -3.07.